The maximum Gasteiger partial charge on any atom is 0.416 e. The van der Waals surface area contributed by atoms with Crippen molar-refractivity contribution >= 4 is 28.2 Å². The van der Waals surface area contributed by atoms with Gasteiger partial charge in [-0.1, -0.05) is 12.1 Å². The highest BCUT2D eigenvalue weighted by Gasteiger charge is 2.32. The third-order valence-corrected chi connectivity index (χ3v) is 5.58. The molecule has 2 aromatic carbocycles. The zero-order chi connectivity index (χ0) is 22.7. The van der Waals surface area contributed by atoms with Gasteiger partial charge in [0.2, 0.25) is 5.91 Å². The number of carbonyl (C=O) groups excluding carboxylic acids is 1. The Morgan fingerprint density at radius 2 is 1.84 bits per heavy atom. The normalized spacial score (nSPS) is 14.2. The van der Waals surface area contributed by atoms with Crippen molar-refractivity contribution in [2.75, 3.05) is 23.3 Å². The van der Waals surface area contributed by atoms with E-state index in [1.807, 2.05) is 4.90 Å². The van der Waals surface area contributed by atoms with Gasteiger partial charge in [-0.15, -0.1) is 0 Å². The maximum absolute atomic E-state index is 13.2. The van der Waals surface area contributed by atoms with E-state index in [-0.39, 0.29) is 24.2 Å². The number of aryl methyl sites for hydroxylation is 1. The second kappa shape index (κ2) is 9.02. The maximum atomic E-state index is 13.2. The number of alkyl halides is 3. The van der Waals surface area contributed by atoms with Crippen molar-refractivity contribution in [3.05, 3.63) is 64.7 Å². The molecule has 2 heterocycles. The Morgan fingerprint density at radius 3 is 2.59 bits per heavy atom. The summed E-state index contributed by atoms with van der Waals surface area (Å²) in [7, 11) is 0. The van der Waals surface area contributed by atoms with Crippen molar-refractivity contribution < 1.29 is 18.0 Å². The van der Waals surface area contributed by atoms with Gasteiger partial charge in [0, 0.05) is 26.1 Å². The Morgan fingerprint density at radius 1 is 1.09 bits per heavy atom. The summed E-state index contributed by atoms with van der Waals surface area (Å²) in [5.74, 6) is -0.397. The van der Waals surface area contributed by atoms with Crippen molar-refractivity contribution in [3.8, 4) is 0 Å². The smallest absolute Gasteiger partial charge is 0.370 e. The van der Waals surface area contributed by atoms with Gasteiger partial charge in [0.05, 0.1) is 34.2 Å². The minimum atomic E-state index is -4.49. The average Bonchev–Trinajstić information content (AvgIpc) is 3.29. The van der Waals surface area contributed by atoms with Crippen molar-refractivity contribution in [1.29, 1.82) is 0 Å². The molecule has 1 saturated heterocycles. The van der Waals surface area contributed by atoms with E-state index in [0.29, 0.717) is 23.0 Å². The van der Waals surface area contributed by atoms with Gasteiger partial charge in [0.1, 0.15) is 0 Å². The SMILES string of the molecule is O=C(CCCn1cnc2ccccc2c1=O)Nc1cc(C(F)(F)F)ccc1N1CCCC1. The van der Waals surface area contributed by atoms with Gasteiger partial charge in [0.25, 0.3) is 5.56 Å². The minimum Gasteiger partial charge on any atom is -0.370 e. The fraction of sp³-hybridized carbons (Fsp3) is 0.348. The fourth-order valence-corrected chi connectivity index (χ4v) is 3.93. The summed E-state index contributed by atoms with van der Waals surface area (Å²) in [5.41, 5.74) is 0.371. The molecule has 0 saturated carbocycles. The predicted molar refractivity (Wildman–Crippen MR) is 117 cm³/mol. The van der Waals surface area contributed by atoms with Crippen LogP contribution in [0, 0.1) is 0 Å². The molecule has 0 atom stereocenters. The number of rotatable bonds is 6. The Bertz CT molecular complexity index is 1180. The number of carbonyl (C=O) groups is 1. The third-order valence-electron chi connectivity index (χ3n) is 5.58. The monoisotopic (exact) mass is 444 g/mol. The van der Waals surface area contributed by atoms with Crippen molar-refractivity contribution in [3.63, 3.8) is 0 Å². The van der Waals surface area contributed by atoms with Crippen LogP contribution in [-0.4, -0.2) is 28.5 Å². The zero-order valence-corrected chi connectivity index (χ0v) is 17.4. The number of amides is 1. The van der Waals surface area contributed by atoms with E-state index in [2.05, 4.69) is 10.3 Å². The quantitative estimate of drug-likeness (QED) is 0.611. The Hall–Kier alpha value is -3.36. The first kappa shape index (κ1) is 21.9. The van der Waals surface area contributed by atoms with E-state index in [1.54, 1.807) is 24.3 Å². The number of aromatic nitrogens is 2. The van der Waals surface area contributed by atoms with Crippen LogP contribution in [0.1, 0.15) is 31.2 Å². The van der Waals surface area contributed by atoms with Crippen LogP contribution in [0.4, 0.5) is 24.5 Å². The van der Waals surface area contributed by atoms with Gasteiger partial charge in [-0.2, -0.15) is 13.2 Å². The van der Waals surface area contributed by atoms with E-state index in [1.165, 1.54) is 17.0 Å². The van der Waals surface area contributed by atoms with Crippen molar-refractivity contribution in [1.82, 2.24) is 9.55 Å². The predicted octanol–water partition coefficient (Wildman–Crippen LogP) is 4.43. The first-order chi connectivity index (χ1) is 15.3. The standard InChI is InChI=1S/C23H23F3N4O2/c24-23(25,26)16-9-10-20(29-11-3-4-12-29)19(14-16)28-21(31)8-5-13-30-15-27-18-7-2-1-6-17(18)22(30)32/h1-2,6-7,9-10,14-15H,3-5,8,11-13H2,(H,28,31). The number of hydrogen-bond donors (Lipinski definition) is 1. The third kappa shape index (κ3) is 4.76. The second-order valence-corrected chi connectivity index (χ2v) is 7.84. The summed E-state index contributed by atoms with van der Waals surface area (Å²) in [4.78, 5) is 31.3. The summed E-state index contributed by atoms with van der Waals surface area (Å²) in [6, 6.07) is 10.5. The molecule has 4 rings (SSSR count). The van der Waals surface area contributed by atoms with Crippen LogP contribution in [-0.2, 0) is 17.5 Å². The van der Waals surface area contributed by atoms with Crippen LogP contribution in [0.3, 0.4) is 0 Å². The molecule has 9 heteroatoms. The summed E-state index contributed by atoms with van der Waals surface area (Å²) >= 11 is 0. The van der Waals surface area contributed by atoms with E-state index < -0.39 is 17.6 Å². The molecule has 0 spiro atoms. The molecule has 1 amide bonds. The molecule has 32 heavy (non-hydrogen) atoms. The van der Waals surface area contributed by atoms with E-state index in [0.717, 1.165) is 38.1 Å². The van der Waals surface area contributed by atoms with E-state index in [4.69, 9.17) is 0 Å². The van der Waals surface area contributed by atoms with Crippen molar-refractivity contribution in [2.24, 2.45) is 0 Å². The number of benzene rings is 2. The summed E-state index contributed by atoms with van der Waals surface area (Å²) in [6.45, 7) is 1.77. The number of hydrogen-bond acceptors (Lipinski definition) is 4. The second-order valence-electron chi connectivity index (χ2n) is 7.84. The zero-order valence-electron chi connectivity index (χ0n) is 17.4. The van der Waals surface area contributed by atoms with Crippen LogP contribution < -0.4 is 15.8 Å². The lowest BCUT2D eigenvalue weighted by molar-refractivity contribution is -0.137. The van der Waals surface area contributed by atoms with Gasteiger partial charge < -0.3 is 10.2 Å². The number of anilines is 2. The highest BCUT2D eigenvalue weighted by atomic mass is 19.4. The van der Waals surface area contributed by atoms with Gasteiger partial charge >= 0.3 is 6.18 Å². The molecule has 3 aromatic rings. The topological polar surface area (TPSA) is 67.2 Å². The molecule has 1 aromatic heterocycles. The van der Waals surface area contributed by atoms with E-state index in [9.17, 15) is 22.8 Å². The summed E-state index contributed by atoms with van der Waals surface area (Å²) < 4.78 is 41.0. The van der Waals surface area contributed by atoms with Gasteiger partial charge in [-0.25, -0.2) is 4.98 Å². The molecule has 0 unspecified atom stereocenters. The van der Waals surface area contributed by atoms with Crippen LogP contribution in [0.25, 0.3) is 10.9 Å². The Balaban J connectivity index is 1.44. The van der Waals surface area contributed by atoms with Crippen LogP contribution in [0.2, 0.25) is 0 Å². The first-order valence-corrected chi connectivity index (χ1v) is 10.5. The first-order valence-electron chi connectivity index (χ1n) is 10.5. The number of halogens is 3. The molecule has 1 N–H and O–H groups in total. The molecule has 1 fully saturated rings. The molecular formula is C23H23F3N4O2. The largest absolute Gasteiger partial charge is 0.416 e. The molecule has 1 aliphatic heterocycles. The number of nitrogens with one attached hydrogen (secondary N) is 1. The van der Waals surface area contributed by atoms with Crippen LogP contribution >= 0.6 is 0 Å². The van der Waals surface area contributed by atoms with Gasteiger partial charge in [-0.3, -0.25) is 14.2 Å². The average molecular weight is 444 g/mol. The number of nitrogens with zero attached hydrogens (tertiary/aromatic N) is 3. The van der Waals surface area contributed by atoms with Crippen LogP contribution in [0.15, 0.2) is 53.6 Å². The Labute approximate surface area is 182 Å². The lowest BCUT2D eigenvalue weighted by Crippen LogP contribution is -2.23. The Kier molecular flexibility index (Phi) is 6.16. The van der Waals surface area contributed by atoms with Gasteiger partial charge in [0.15, 0.2) is 0 Å². The lowest BCUT2D eigenvalue weighted by atomic mass is 10.1. The van der Waals surface area contributed by atoms with Crippen LogP contribution in [0.5, 0.6) is 0 Å². The molecule has 0 bridgehead atoms. The van der Waals surface area contributed by atoms with Gasteiger partial charge in [-0.05, 0) is 49.6 Å². The molecule has 0 aliphatic carbocycles. The van der Waals surface area contributed by atoms with Crippen molar-refractivity contribution in [2.45, 2.75) is 38.4 Å². The molecule has 6 nitrogen and oxygen atoms in total. The van der Waals surface area contributed by atoms with E-state index >= 15 is 0 Å². The minimum absolute atomic E-state index is 0.0644. The molecule has 1 aliphatic rings. The number of para-hydroxylation sites is 1. The number of fused-ring (bicyclic) bond motifs is 1. The summed E-state index contributed by atoms with van der Waals surface area (Å²) in [5, 5.41) is 3.15. The lowest BCUT2D eigenvalue weighted by Gasteiger charge is -2.23. The molecular weight excluding hydrogens is 421 g/mol. The molecule has 0 radical (unpaired) electrons. The summed E-state index contributed by atoms with van der Waals surface area (Å²) in [6.07, 6.45) is -0.710. The highest BCUT2D eigenvalue weighted by molar-refractivity contribution is 5.94. The molecule has 168 valence electrons. The highest BCUT2D eigenvalue weighted by Crippen LogP contribution is 2.36. The fourth-order valence-electron chi connectivity index (χ4n) is 3.93.